The lowest BCUT2D eigenvalue weighted by Gasteiger charge is -2.32. The number of rotatable bonds is 3. The van der Waals surface area contributed by atoms with Crippen LogP contribution in [-0.4, -0.2) is 11.0 Å². The lowest BCUT2D eigenvalue weighted by atomic mass is 9.73. The van der Waals surface area contributed by atoms with E-state index in [1.54, 1.807) is 0 Å². The number of hydrogen-bond donors (Lipinski definition) is 0. The van der Waals surface area contributed by atoms with E-state index in [4.69, 9.17) is 4.98 Å². The molecule has 0 amide bonds. The second-order valence-corrected chi connectivity index (χ2v) is 11.9. The van der Waals surface area contributed by atoms with Gasteiger partial charge in [0, 0.05) is 47.1 Å². The van der Waals surface area contributed by atoms with Crippen molar-refractivity contribution in [3.63, 3.8) is 0 Å². The van der Waals surface area contributed by atoms with Gasteiger partial charge >= 0.3 is 0 Å². The third kappa shape index (κ3) is 3.83. The van der Waals surface area contributed by atoms with E-state index in [9.17, 15) is 0 Å². The molecule has 0 bridgehead atoms. The van der Waals surface area contributed by atoms with Gasteiger partial charge in [-0.1, -0.05) is 121 Å². The molecule has 3 aliphatic rings. The highest BCUT2D eigenvalue weighted by Crippen LogP contribution is 2.51. The van der Waals surface area contributed by atoms with Crippen LogP contribution in [-0.2, 0) is 6.42 Å². The van der Waals surface area contributed by atoms with Gasteiger partial charge in [-0.2, -0.15) is 0 Å². The zero-order valence-electron chi connectivity index (χ0n) is 23.8. The van der Waals surface area contributed by atoms with Crippen LogP contribution in [0.4, 0.5) is 11.4 Å². The van der Waals surface area contributed by atoms with Gasteiger partial charge in [-0.3, -0.25) is 4.98 Å². The molecule has 1 aliphatic heterocycles. The summed E-state index contributed by atoms with van der Waals surface area (Å²) in [4.78, 5) is 7.36. The average molecular weight is 551 g/mol. The normalized spacial score (nSPS) is 19.8. The number of aromatic nitrogens is 1. The Labute approximate surface area is 252 Å². The number of anilines is 2. The molecular formula is C41H30N2. The molecule has 0 fully saturated rings. The summed E-state index contributed by atoms with van der Waals surface area (Å²) >= 11 is 0. The van der Waals surface area contributed by atoms with Crippen LogP contribution in [0.3, 0.4) is 0 Å². The van der Waals surface area contributed by atoms with Crippen LogP contribution in [0, 0.1) is 0 Å². The quantitative estimate of drug-likeness (QED) is 0.218. The Bertz CT molecular complexity index is 2090. The number of hydrogen-bond acceptors (Lipinski definition) is 2. The van der Waals surface area contributed by atoms with E-state index in [1.165, 1.54) is 66.8 Å². The summed E-state index contributed by atoms with van der Waals surface area (Å²) in [5, 5.41) is 2.55. The van der Waals surface area contributed by atoms with Crippen LogP contribution in [0.15, 0.2) is 152 Å². The van der Waals surface area contributed by atoms with Crippen molar-refractivity contribution in [3.8, 4) is 11.1 Å². The van der Waals surface area contributed by atoms with Gasteiger partial charge < -0.3 is 4.90 Å². The van der Waals surface area contributed by atoms with Gasteiger partial charge in [-0.15, -0.1) is 0 Å². The Morgan fingerprint density at radius 3 is 2.37 bits per heavy atom. The monoisotopic (exact) mass is 550 g/mol. The van der Waals surface area contributed by atoms with Crippen molar-refractivity contribution in [1.29, 1.82) is 0 Å². The summed E-state index contributed by atoms with van der Waals surface area (Å²) in [7, 11) is 0. The van der Waals surface area contributed by atoms with E-state index in [2.05, 4.69) is 151 Å². The van der Waals surface area contributed by atoms with E-state index in [0.29, 0.717) is 0 Å². The minimum atomic E-state index is 0.233. The number of benzene rings is 5. The third-order valence-corrected chi connectivity index (χ3v) is 9.61. The first-order valence-corrected chi connectivity index (χ1v) is 15.2. The summed E-state index contributed by atoms with van der Waals surface area (Å²) in [6.45, 7) is 0. The van der Waals surface area contributed by atoms with Crippen LogP contribution < -0.4 is 4.90 Å². The fourth-order valence-corrected chi connectivity index (χ4v) is 7.70. The Kier molecular flexibility index (Phi) is 5.49. The van der Waals surface area contributed by atoms with Crippen LogP contribution in [0.1, 0.15) is 39.8 Å². The molecule has 5 aromatic carbocycles. The third-order valence-electron chi connectivity index (χ3n) is 9.61. The molecule has 6 aromatic rings. The van der Waals surface area contributed by atoms with Gasteiger partial charge in [0.05, 0.1) is 6.04 Å². The van der Waals surface area contributed by atoms with Crippen molar-refractivity contribution in [2.45, 2.75) is 24.3 Å². The fraction of sp³-hybridized carbons (Fsp3) is 0.0976. The van der Waals surface area contributed by atoms with Crippen molar-refractivity contribution in [1.82, 2.24) is 4.98 Å². The summed E-state index contributed by atoms with van der Waals surface area (Å²) in [5.74, 6) is 0.526. The van der Waals surface area contributed by atoms with Crippen molar-refractivity contribution in [2.75, 3.05) is 4.90 Å². The Hall–Kier alpha value is -5.21. The van der Waals surface area contributed by atoms with Crippen LogP contribution in [0.25, 0.3) is 27.5 Å². The molecule has 3 atom stereocenters. The van der Waals surface area contributed by atoms with Gasteiger partial charge in [-0.05, 0) is 68.4 Å². The van der Waals surface area contributed by atoms with E-state index in [1.807, 2.05) is 6.20 Å². The predicted molar refractivity (Wildman–Crippen MR) is 178 cm³/mol. The molecule has 0 radical (unpaired) electrons. The maximum Gasteiger partial charge on any atom is 0.0630 e. The molecule has 0 N–H and O–H groups in total. The van der Waals surface area contributed by atoms with Crippen molar-refractivity contribution in [3.05, 3.63) is 180 Å². The fourth-order valence-electron chi connectivity index (χ4n) is 7.70. The van der Waals surface area contributed by atoms with Gasteiger partial charge in [0.1, 0.15) is 0 Å². The molecule has 1 aromatic heterocycles. The van der Waals surface area contributed by atoms with Gasteiger partial charge in [-0.25, -0.2) is 0 Å². The largest absolute Gasteiger partial charge is 0.333 e. The summed E-state index contributed by atoms with van der Waals surface area (Å²) < 4.78 is 0. The Morgan fingerprint density at radius 1 is 0.651 bits per heavy atom. The predicted octanol–water partition coefficient (Wildman–Crippen LogP) is 9.85. The Balaban J connectivity index is 1.19. The number of para-hydroxylation sites is 1. The van der Waals surface area contributed by atoms with Crippen molar-refractivity contribution >= 4 is 27.7 Å². The van der Waals surface area contributed by atoms with Gasteiger partial charge in [0.25, 0.3) is 0 Å². The molecule has 3 unspecified atom stereocenters. The molecule has 0 saturated heterocycles. The second-order valence-electron chi connectivity index (χ2n) is 11.9. The minimum Gasteiger partial charge on any atom is -0.333 e. The minimum absolute atomic E-state index is 0.233. The summed E-state index contributed by atoms with van der Waals surface area (Å²) in [5.41, 5.74) is 13.1. The number of allylic oxidation sites excluding steroid dienone is 2. The maximum absolute atomic E-state index is 4.83. The molecule has 2 heterocycles. The standard InChI is InChI=1S/C41H30N2/c1-2-11-28(12-3-1)36-26-38-33(17-9-23-42-38)35-16-8-15-32(41(35)36)30-20-22-40-37(25-30)34-14-6-7-18-39(34)43(40)31-21-19-27-10-4-5-13-29(27)24-31/h1-25,36-37,40H,26H2. The molecule has 0 saturated carbocycles. The van der Waals surface area contributed by atoms with E-state index >= 15 is 0 Å². The topological polar surface area (TPSA) is 16.1 Å². The summed E-state index contributed by atoms with van der Waals surface area (Å²) in [6, 6.07) is 46.8. The van der Waals surface area contributed by atoms with Crippen LogP contribution in [0.2, 0.25) is 0 Å². The van der Waals surface area contributed by atoms with Crippen LogP contribution in [0.5, 0.6) is 0 Å². The molecule has 2 nitrogen and oxygen atoms in total. The molecule has 2 heteroatoms. The first-order chi connectivity index (χ1) is 21.3. The zero-order valence-corrected chi connectivity index (χ0v) is 23.8. The van der Waals surface area contributed by atoms with E-state index in [-0.39, 0.29) is 17.9 Å². The number of nitrogens with zero attached hydrogens (tertiary/aromatic N) is 2. The smallest absolute Gasteiger partial charge is 0.0630 e. The first-order valence-electron chi connectivity index (χ1n) is 15.2. The molecule has 2 aliphatic carbocycles. The lowest BCUT2D eigenvalue weighted by Crippen LogP contribution is -2.29. The highest BCUT2D eigenvalue weighted by Gasteiger charge is 2.39. The Morgan fingerprint density at radius 2 is 1.44 bits per heavy atom. The average Bonchev–Trinajstić information content (AvgIpc) is 3.41. The van der Waals surface area contributed by atoms with Crippen molar-refractivity contribution in [2.24, 2.45) is 0 Å². The molecular weight excluding hydrogens is 520 g/mol. The highest BCUT2D eigenvalue weighted by molar-refractivity contribution is 5.90. The second kappa shape index (κ2) is 9.68. The van der Waals surface area contributed by atoms with Gasteiger partial charge in [0.2, 0.25) is 0 Å². The highest BCUT2D eigenvalue weighted by atomic mass is 15.2. The maximum atomic E-state index is 4.83. The lowest BCUT2D eigenvalue weighted by molar-refractivity contribution is 0.745. The first kappa shape index (κ1) is 24.4. The van der Waals surface area contributed by atoms with Crippen molar-refractivity contribution < 1.29 is 0 Å². The van der Waals surface area contributed by atoms with Crippen LogP contribution >= 0.6 is 0 Å². The molecule has 43 heavy (non-hydrogen) atoms. The number of fused-ring (bicyclic) bond motifs is 7. The summed E-state index contributed by atoms with van der Waals surface area (Å²) in [6.07, 6.45) is 10.2. The van der Waals surface area contributed by atoms with E-state index in [0.717, 1.165) is 6.42 Å². The van der Waals surface area contributed by atoms with Gasteiger partial charge in [0.15, 0.2) is 0 Å². The number of pyridine rings is 1. The molecule has 0 spiro atoms. The van der Waals surface area contributed by atoms with E-state index < -0.39 is 0 Å². The molecule has 9 rings (SSSR count). The SMILES string of the molecule is C1=CC2C(C=C1c1cccc3c1C(c1ccccc1)Cc1ncccc1-3)c1ccccc1N2c1ccc2ccccc2c1. The molecule has 204 valence electrons. The zero-order chi connectivity index (χ0) is 28.3.